The topological polar surface area (TPSA) is 288 Å². The summed E-state index contributed by atoms with van der Waals surface area (Å²) in [5.74, 6) is -3.63. The molecule has 396 valence electrons. The Balaban J connectivity index is 1.20. The molecule has 3 aliphatic heterocycles. The van der Waals surface area contributed by atoms with Crippen molar-refractivity contribution in [3.05, 3.63) is 83.9 Å². The maximum absolute atomic E-state index is 14.4. The number of hydrogen-bond donors (Lipinski definition) is 9. The molecule has 7 amide bonds. The van der Waals surface area contributed by atoms with Gasteiger partial charge in [-0.2, -0.15) is 0 Å². The zero-order chi connectivity index (χ0) is 52.3. The summed E-state index contributed by atoms with van der Waals surface area (Å²) in [5.41, 5.74) is 15.0. The van der Waals surface area contributed by atoms with Gasteiger partial charge in [-0.15, -0.1) is 0 Å². The van der Waals surface area contributed by atoms with Crippen molar-refractivity contribution in [2.75, 3.05) is 39.4 Å². The van der Waals surface area contributed by atoms with Gasteiger partial charge >= 0.3 is 0 Å². The molecule has 3 aromatic rings. The Bertz CT molecular complexity index is 2320. The van der Waals surface area contributed by atoms with Gasteiger partial charge in [0.1, 0.15) is 47.8 Å². The van der Waals surface area contributed by atoms with Crippen LogP contribution >= 0.6 is 0 Å². The van der Waals surface area contributed by atoms with Gasteiger partial charge in [0, 0.05) is 31.2 Å². The molecule has 11 N–H and O–H groups in total. The monoisotopic (exact) mass is 1010 g/mol. The summed E-state index contributed by atoms with van der Waals surface area (Å²) in [6.07, 6.45) is 8.83. The number of nitrogens with two attached hydrogens (primary N) is 2. The fourth-order valence-electron chi connectivity index (χ4n) is 9.66. The van der Waals surface area contributed by atoms with Crippen LogP contribution in [0.5, 0.6) is 11.5 Å². The Hall–Kier alpha value is -6.57. The first kappa shape index (κ1) is 55.7. The van der Waals surface area contributed by atoms with Crippen LogP contribution in [-0.2, 0) is 35.2 Å². The molecular formula is C54H75N9O10. The third kappa shape index (κ3) is 16.0. The number of aliphatic hydroxyl groups is 1. The summed E-state index contributed by atoms with van der Waals surface area (Å²) in [6.45, 7) is 2.43. The number of nitrogens with one attached hydrogen (secondary N) is 5. The van der Waals surface area contributed by atoms with Gasteiger partial charge in [-0.3, -0.25) is 33.6 Å². The fourth-order valence-corrected chi connectivity index (χ4v) is 9.66. The van der Waals surface area contributed by atoms with Crippen molar-refractivity contribution in [2.24, 2.45) is 11.5 Å². The van der Waals surface area contributed by atoms with Crippen molar-refractivity contribution in [3.8, 4) is 22.6 Å². The van der Waals surface area contributed by atoms with Crippen molar-refractivity contribution in [1.29, 1.82) is 0 Å². The molecule has 0 unspecified atom stereocenters. The highest BCUT2D eigenvalue weighted by atomic mass is 16.5. The average molecular weight is 1010 g/mol. The maximum atomic E-state index is 14.4. The van der Waals surface area contributed by atoms with Gasteiger partial charge in [0.25, 0.3) is 5.91 Å². The van der Waals surface area contributed by atoms with Crippen molar-refractivity contribution >= 4 is 41.4 Å². The van der Waals surface area contributed by atoms with E-state index in [4.69, 9.17) is 16.2 Å². The zero-order valence-corrected chi connectivity index (χ0v) is 42.0. The third-order valence-corrected chi connectivity index (χ3v) is 13.8. The van der Waals surface area contributed by atoms with Crippen LogP contribution in [0.2, 0.25) is 0 Å². The normalized spacial score (nSPS) is 23.6. The molecule has 6 rings (SSSR count). The lowest BCUT2D eigenvalue weighted by atomic mass is 10.0. The van der Waals surface area contributed by atoms with Crippen molar-refractivity contribution in [2.45, 2.75) is 146 Å². The van der Waals surface area contributed by atoms with E-state index in [1.807, 2.05) is 24.3 Å². The van der Waals surface area contributed by atoms with Crippen LogP contribution in [0.4, 0.5) is 0 Å². The summed E-state index contributed by atoms with van der Waals surface area (Å²) in [4.78, 5) is 101. The molecule has 19 nitrogen and oxygen atoms in total. The largest absolute Gasteiger partial charge is 0.508 e. The first-order chi connectivity index (χ1) is 35.3. The van der Waals surface area contributed by atoms with Gasteiger partial charge in [-0.05, 0) is 124 Å². The quantitative estimate of drug-likeness (QED) is 0.0832. The second-order valence-corrected chi connectivity index (χ2v) is 19.4. The molecule has 73 heavy (non-hydrogen) atoms. The van der Waals surface area contributed by atoms with E-state index < -0.39 is 90.3 Å². The molecule has 3 aromatic carbocycles. The number of aliphatic hydroxyl groups excluding tert-OH is 1. The molecule has 7 atom stereocenters. The van der Waals surface area contributed by atoms with Gasteiger partial charge in [-0.1, -0.05) is 75.4 Å². The number of aryl methyl sites for hydroxylation is 1. The summed E-state index contributed by atoms with van der Waals surface area (Å²) >= 11 is 0. The van der Waals surface area contributed by atoms with E-state index >= 15 is 0 Å². The highest BCUT2D eigenvalue weighted by molar-refractivity contribution is 6.00. The predicted molar refractivity (Wildman–Crippen MR) is 275 cm³/mol. The van der Waals surface area contributed by atoms with Crippen LogP contribution in [0.1, 0.15) is 113 Å². The zero-order valence-electron chi connectivity index (χ0n) is 42.0. The van der Waals surface area contributed by atoms with Gasteiger partial charge in [0.15, 0.2) is 0 Å². The standard InChI is InChI=1S/C54H75N9O10/c1-2-3-4-5-6-7-31-73-41-25-21-37(22-26-41)36-17-19-38(20-18-36)48(66)58-42-12-9-29-57-51(69)47-32-39(56)33-63(47)53(71)44(11-8-28-55)60-50(68)43(27-16-35-14-23-40(65)24-15-35)59-52(70)46-13-10-30-62(46)54(72)45(34-64)61-49(42)67/h14-15,17-26,39,42-47,64-65H,2-13,16,27-34,55-56H2,1H3,(H,57,69)(H,58,66)(H,59,70)(H,60,68)(H,61,67)/t39-,42-,43-,44-,45-,46-,47-/m0/s1. The summed E-state index contributed by atoms with van der Waals surface area (Å²) in [7, 11) is 0. The van der Waals surface area contributed by atoms with E-state index in [0.717, 1.165) is 35.3 Å². The van der Waals surface area contributed by atoms with Crippen LogP contribution in [-0.4, -0.2) is 143 Å². The number of fused-ring (bicyclic) bond motifs is 2. The number of aromatic hydroxyl groups is 1. The van der Waals surface area contributed by atoms with E-state index in [9.17, 15) is 43.8 Å². The molecule has 0 bridgehead atoms. The highest BCUT2D eigenvalue weighted by Gasteiger charge is 2.43. The number of carbonyl (C=O) groups excluding carboxylic acids is 7. The second-order valence-electron chi connectivity index (χ2n) is 19.4. The molecule has 3 aliphatic rings. The number of hydrogen-bond acceptors (Lipinski definition) is 12. The molecule has 0 spiro atoms. The first-order valence-electron chi connectivity index (χ1n) is 26.1. The summed E-state index contributed by atoms with van der Waals surface area (Å²) in [5, 5.41) is 34.3. The van der Waals surface area contributed by atoms with Gasteiger partial charge in [0.05, 0.1) is 13.2 Å². The number of nitrogens with zero attached hydrogens (tertiary/aromatic N) is 2. The molecule has 3 saturated heterocycles. The molecule has 0 radical (unpaired) electrons. The lowest BCUT2D eigenvalue weighted by Gasteiger charge is -2.31. The van der Waals surface area contributed by atoms with E-state index in [-0.39, 0.29) is 82.4 Å². The van der Waals surface area contributed by atoms with Crippen LogP contribution in [0, 0.1) is 0 Å². The molecule has 3 heterocycles. The van der Waals surface area contributed by atoms with Crippen molar-refractivity contribution in [1.82, 2.24) is 36.4 Å². The average Bonchev–Trinajstić information content (AvgIpc) is 4.06. The molecular weight excluding hydrogens is 935 g/mol. The van der Waals surface area contributed by atoms with Crippen LogP contribution in [0.3, 0.4) is 0 Å². The number of benzene rings is 3. The maximum Gasteiger partial charge on any atom is 0.251 e. The van der Waals surface area contributed by atoms with Crippen LogP contribution < -0.4 is 42.8 Å². The number of phenols is 1. The lowest BCUT2D eigenvalue weighted by molar-refractivity contribution is -0.143. The van der Waals surface area contributed by atoms with E-state index in [0.29, 0.717) is 19.4 Å². The highest BCUT2D eigenvalue weighted by Crippen LogP contribution is 2.25. The molecule has 0 saturated carbocycles. The van der Waals surface area contributed by atoms with Gasteiger partial charge in [-0.25, -0.2) is 0 Å². The van der Waals surface area contributed by atoms with E-state index in [1.165, 1.54) is 47.6 Å². The SMILES string of the molecule is CCCCCCCCOc1ccc(-c2ccc(C(=O)N[C@H]3CCCNC(=O)[C@@H]4C[C@H](N)CN4C(=O)[C@H](CCCN)NC(=O)[C@H](CCc4ccc(O)cc4)NC(=O)[C@@H]4CCCN4C(=O)[C@H](CO)NC3=O)cc2)cc1. The molecule has 19 heteroatoms. The third-order valence-electron chi connectivity index (χ3n) is 13.8. The smallest absolute Gasteiger partial charge is 0.251 e. The Morgan fingerprint density at radius 2 is 1.37 bits per heavy atom. The number of amides is 7. The van der Waals surface area contributed by atoms with Crippen molar-refractivity contribution in [3.63, 3.8) is 0 Å². The Morgan fingerprint density at radius 1 is 0.712 bits per heavy atom. The fraction of sp³-hybridized carbons (Fsp3) is 0.537. The second kappa shape index (κ2) is 28.0. The molecule has 0 aromatic heterocycles. The van der Waals surface area contributed by atoms with E-state index in [1.54, 1.807) is 36.4 Å². The molecule has 3 fully saturated rings. The van der Waals surface area contributed by atoms with Gasteiger partial charge < -0.3 is 62.8 Å². The Morgan fingerprint density at radius 3 is 2.07 bits per heavy atom. The minimum absolute atomic E-state index is 0.00412. The minimum Gasteiger partial charge on any atom is -0.508 e. The number of unbranched alkanes of at least 4 members (excludes halogenated alkanes) is 5. The van der Waals surface area contributed by atoms with Crippen LogP contribution in [0.25, 0.3) is 11.1 Å². The van der Waals surface area contributed by atoms with Crippen LogP contribution in [0.15, 0.2) is 72.8 Å². The molecule has 0 aliphatic carbocycles. The number of ether oxygens (including phenoxy) is 1. The van der Waals surface area contributed by atoms with E-state index in [2.05, 4.69) is 33.5 Å². The Labute approximate surface area is 427 Å². The summed E-state index contributed by atoms with van der Waals surface area (Å²) < 4.78 is 5.94. The van der Waals surface area contributed by atoms with Crippen molar-refractivity contribution < 1.29 is 48.5 Å². The number of phenolic OH excluding ortho intramolecular Hbond substituents is 1. The summed E-state index contributed by atoms with van der Waals surface area (Å²) in [6, 6.07) is 13.3. The van der Waals surface area contributed by atoms with Gasteiger partial charge in [0.2, 0.25) is 35.4 Å². The number of rotatable bonds is 18. The minimum atomic E-state index is -1.50. The Kier molecular flexibility index (Phi) is 21.4. The predicted octanol–water partition coefficient (Wildman–Crippen LogP) is 2.54. The first-order valence-corrected chi connectivity index (χ1v) is 26.1. The lowest BCUT2D eigenvalue weighted by Crippen LogP contribution is -2.59. The number of carbonyl (C=O) groups is 7.